The van der Waals surface area contributed by atoms with Crippen molar-refractivity contribution in [3.05, 3.63) is 51.5 Å². The van der Waals surface area contributed by atoms with E-state index in [1.165, 1.54) is 23.9 Å². The molecule has 1 atom stereocenters. The third kappa shape index (κ3) is 3.98. The molecule has 1 amide bonds. The molecule has 0 aliphatic carbocycles. The van der Waals surface area contributed by atoms with Crippen LogP contribution in [0.2, 0.25) is 15.1 Å². The van der Waals surface area contributed by atoms with Gasteiger partial charge in [-0.3, -0.25) is 4.79 Å². The fourth-order valence-corrected chi connectivity index (χ4v) is 5.12. The Bertz CT molecular complexity index is 857. The summed E-state index contributed by atoms with van der Waals surface area (Å²) in [5.41, 5.74) is 1.30. The van der Waals surface area contributed by atoms with Crippen LogP contribution in [0.3, 0.4) is 0 Å². The summed E-state index contributed by atoms with van der Waals surface area (Å²) >= 11 is 21.0. The van der Waals surface area contributed by atoms with E-state index in [4.69, 9.17) is 34.8 Å². The van der Waals surface area contributed by atoms with Gasteiger partial charge in [-0.05, 0) is 31.2 Å². The maximum Gasteiger partial charge on any atom is 0.237 e. The van der Waals surface area contributed by atoms with Gasteiger partial charge in [-0.1, -0.05) is 58.7 Å². The van der Waals surface area contributed by atoms with E-state index >= 15 is 0 Å². The van der Waals surface area contributed by atoms with E-state index in [0.717, 1.165) is 14.6 Å². The van der Waals surface area contributed by atoms with Gasteiger partial charge < -0.3 is 5.32 Å². The molecule has 1 N–H and O–H groups in total. The van der Waals surface area contributed by atoms with Crippen molar-refractivity contribution in [2.24, 2.45) is 0 Å². The second-order valence-corrected chi connectivity index (χ2v) is 8.81. The Hall–Kier alpha value is -0.980. The van der Waals surface area contributed by atoms with Crippen LogP contribution in [0.5, 0.6) is 0 Å². The number of benzene rings is 2. The Morgan fingerprint density at radius 3 is 2.54 bits per heavy atom. The average Bonchev–Trinajstić information content (AvgIpc) is 2.92. The van der Waals surface area contributed by atoms with E-state index in [-0.39, 0.29) is 11.2 Å². The zero-order chi connectivity index (χ0) is 17.3. The number of para-hydroxylation sites is 1. The van der Waals surface area contributed by atoms with Crippen LogP contribution < -0.4 is 5.32 Å². The molecule has 1 aromatic heterocycles. The molecule has 1 heterocycles. The minimum atomic E-state index is -0.353. The van der Waals surface area contributed by atoms with Crippen molar-refractivity contribution < 1.29 is 4.79 Å². The molecule has 0 fully saturated rings. The number of thiazole rings is 1. The Morgan fingerprint density at radius 2 is 1.88 bits per heavy atom. The minimum Gasteiger partial charge on any atom is -0.323 e. The lowest BCUT2D eigenvalue weighted by Gasteiger charge is -2.13. The molecule has 2 aromatic carbocycles. The summed E-state index contributed by atoms with van der Waals surface area (Å²) in [7, 11) is 0. The van der Waals surface area contributed by atoms with Crippen molar-refractivity contribution in [1.29, 1.82) is 0 Å². The van der Waals surface area contributed by atoms with E-state index in [0.29, 0.717) is 20.8 Å². The number of rotatable bonds is 4. The van der Waals surface area contributed by atoms with Crippen LogP contribution in [-0.4, -0.2) is 16.1 Å². The molecule has 0 radical (unpaired) electrons. The third-order valence-electron chi connectivity index (χ3n) is 3.18. The number of nitrogens with zero attached hydrogens (tertiary/aromatic N) is 1. The Balaban J connectivity index is 1.73. The van der Waals surface area contributed by atoms with Crippen molar-refractivity contribution in [1.82, 2.24) is 4.98 Å². The minimum absolute atomic E-state index is 0.203. The Kier molecular flexibility index (Phi) is 5.57. The molecule has 8 heteroatoms. The van der Waals surface area contributed by atoms with Gasteiger partial charge in [0.1, 0.15) is 0 Å². The first-order chi connectivity index (χ1) is 11.4. The zero-order valence-corrected chi connectivity index (χ0v) is 16.2. The molecule has 0 aliphatic heterocycles. The predicted molar refractivity (Wildman–Crippen MR) is 105 cm³/mol. The lowest BCUT2D eigenvalue weighted by atomic mass is 10.3. The first kappa shape index (κ1) is 17.8. The maximum absolute atomic E-state index is 12.4. The van der Waals surface area contributed by atoms with Gasteiger partial charge in [0.05, 0.1) is 31.2 Å². The smallest absolute Gasteiger partial charge is 0.237 e. The average molecular weight is 418 g/mol. The molecular formula is C16H11Cl3N2OS2. The highest BCUT2D eigenvalue weighted by Crippen LogP contribution is 2.35. The molecule has 0 saturated heterocycles. The summed E-state index contributed by atoms with van der Waals surface area (Å²) in [4.78, 5) is 16.9. The van der Waals surface area contributed by atoms with Crippen molar-refractivity contribution in [3.63, 3.8) is 0 Å². The van der Waals surface area contributed by atoms with Crippen molar-refractivity contribution in [2.75, 3.05) is 5.32 Å². The molecule has 0 spiro atoms. The number of anilines is 1. The normalized spacial score (nSPS) is 12.3. The lowest BCUT2D eigenvalue weighted by molar-refractivity contribution is -0.115. The topological polar surface area (TPSA) is 42.0 Å². The van der Waals surface area contributed by atoms with Gasteiger partial charge in [-0.25, -0.2) is 4.98 Å². The number of hydrogen-bond donors (Lipinski definition) is 1. The van der Waals surface area contributed by atoms with Crippen LogP contribution in [0.4, 0.5) is 5.69 Å². The fraction of sp³-hybridized carbons (Fsp3) is 0.125. The largest absolute Gasteiger partial charge is 0.323 e. The molecule has 0 bridgehead atoms. The number of thioether (sulfide) groups is 1. The van der Waals surface area contributed by atoms with Crippen LogP contribution in [0.25, 0.3) is 10.2 Å². The van der Waals surface area contributed by atoms with E-state index in [9.17, 15) is 4.79 Å². The highest BCUT2D eigenvalue weighted by atomic mass is 35.5. The van der Waals surface area contributed by atoms with Gasteiger partial charge in [0.25, 0.3) is 0 Å². The highest BCUT2D eigenvalue weighted by molar-refractivity contribution is 8.02. The molecule has 124 valence electrons. The van der Waals surface area contributed by atoms with Crippen LogP contribution in [0.15, 0.2) is 40.7 Å². The van der Waals surface area contributed by atoms with Gasteiger partial charge in [-0.15, -0.1) is 11.3 Å². The molecule has 0 aliphatic rings. The zero-order valence-electron chi connectivity index (χ0n) is 12.3. The SMILES string of the molecule is CC(Sc1nc2ccccc2s1)C(=O)Nc1c(Cl)cc(Cl)cc1Cl. The number of halogens is 3. The van der Waals surface area contributed by atoms with Gasteiger partial charge in [0.15, 0.2) is 4.34 Å². The van der Waals surface area contributed by atoms with E-state index in [1.54, 1.807) is 11.3 Å². The quantitative estimate of drug-likeness (QED) is 0.501. The fourth-order valence-electron chi connectivity index (χ4n) is 1.99. The summed E-state index contributed by atoms with van der Waals surface area (Å²) in [5, 5.41) is 3.42. The number of amides is 1. The third-order valence-corrected chi connectivity index (χ3v) is 6.22. The summed E-state index contributed by atoms with van der Waals surface area (Å²) in [6.07, 6.45) is 0. The molecule has 3 aromatic rings. The van der Waals surface area contributed by atoms with E-state index < -0.39 is 0 Å². The monoisotopic (exact) mass is 416 g/mol. The number of carbonyl (C=O) groups is 1. The van der Waals surface area contributed by atoms with E-state index in [1.807, 2.05) is 31.2 Å². The number of hydrogen-bond acceptors (Lipinski definition) is 4. The summed E-state index contributed by atoms with van der Waals surface area (Å²) in [6, 6.07) is 10.9. The Labute approximate surface area is 162 Å². The van der Waals surface area contributed by atoms with Crippen LogP contribution in [0.1, 0.15) is 6.92 Å². The number of fused-ring (bicyclic) bond motifs is 1. The van der Waals surface area contributed by atoms with Gasteiger partial charge >= 0.3 is 0 Å². The second kappa shape index (κ2) is 7.50. The second-order valence-electron chi connectivity index (χ2n) is 4.94. The first-order valence-electron chi connectivity index (χ1n) is 6.91. The number of aromatic nitrogens is 1. The molecular weight excluding hydrogens is 407 g/mol. The standard InChI is InChI=1S/C16H11Cl3N2OS2/c1-8(23-16-20-12-4-2-3-5-13(12)24-16)15(22)21-14-10(18)6-9(17)7-11(14)19/h2-8H,1H3,(H,21,22). The first-order valence-corrected chi connectivity index (χ1v) is 9.74. The summed E-state index contributed by atoms with van der Waals surface area (Å²) in [6.45, 7) is 1.81. The predicted octanol–water partition coefficient (Wildman–Crippen LogP) is 6.38. The molecule has 3 nitrogen and oxygen atoms in total. The van der Waals surface area contributed by atoms with Crippen molar-refractivity contribution in [2.45, 2.75) is 16.5 Å². The van der Waals surface area contributed by atoms with Crippen molar-refractivity contribution in [3.8, 4) is 0 Å². The highest BCUT2D eigenvalue weighted by Gasteiger charge is 2.19. The lowest BCUT2D eigenvalue weighted by Crippen LogP contribution is -2.22. The molecule has 1 unspecified atom stereocenters. The number of carbonyl (C=O) groups excluding carboxylic acids is 1. The molecule has 0 saturated carbocycles. The summed E-state index contributed by atoms with van der Waals surface area (Å²) in [5.74, 6) is -0.203. The molecule has 3 rings (SSSR count). The van der Waals surface area contributed by atoms with E-state index in [2.05, 4.69) is 10.3 Å². The van der Waals surface area contributed by atoms with Crippen LogP contribution in [-0.2, 0) is 4.79 Å². The summed E-state index contributed by atoms with van der Waals surface area (Å²) < 4.78 is 1.93. The van der Waals surface area contributed by atoms with Crippen LogP contribution in [0, 0.1) is 0 Å². The van der Waals surface area contributed by atoms with Crippen LogP contribution >= 0.6 is 57.9 Å². The van der Waals surface area contributed by atoms with Gasteiger partial charge in [0, 0.05) is 5.02 Å². The Morgan fingerprint density at radius 1 is 1.21 bits per heavy atom. The maximum atomic E-state index is 12.4. The van der Waals surface area contributed by atoms with Gasteiger partial charge in [-0.2, -0.15) is 0 Å². The van der Waals surface area contributed by atoms with Crippen molar-refractivity contribution >= 4 is 79.7 Å². The van der Waals surface area contributed by atoms with Gasteiger partial charge in [0.2, 0.25) is 5.91 Å². The number of nitrogens with one attached hydrogen (secondary N) is 1. The molecule has 24 heavy (non-hydrogen) atoms.